The van der Waals surface area contributed by atoms with Crippen LogP contribution in [0.15, 0.2) is 54.9 Å². The van der Waals surface area contributed by atoms with Crippen molar-refractivity contribution in [3.63, 3.8) is 0 Å². The van der Waals surface area contributed by atoms with Gasteiger partial charge in [0.2, 0.25) is 0 Å². The van der Waals surface area contributed by atoms with E-state index in [0.717, 1.165) is 46.7 Å². The van der Waals surface area contributed by atoms with Crippen LogP contribution in [0.25, 0.3) is 15.9 Å². The van der Waals surface area contributed by atoms with Crippen molar-refractivity contribution in [1.82, 2.24) is 30.1 Å². The van der Waals surface area contributed by atoms with Gasteiger partial charge in [0.05, 0.1) is 21.9 Å². The number of carbonyl (C=O) groups is 1. The number of hydrogen-bond donors (Lipinski definition) is 0. The summed E-state index contributed by atoms with van der Waals surface area (Å²) in [6.45, 7) is 0.745. The summed E-state index contributed by atoms with van der Waals surface area (Å²) in [5, 5.41) is 12.3. The van der Waals surface area contributed by atoms with Crippen molar-refractivity contribution in [2.24, 2.45) is 0 Å². The molecule has 28 heavy (non-hydrogen) atoms. The Labute approximate surface area is 165 Å². The van der Waals surface area contributed by atoms with E-state index in [9.17, 15) is 4.79 Å². The highest BCUT2D eigenvalue weighted by Crippen LogP contribution is 2.36. The summed E-state index contributed by atoms with van der Waals surface area (Å²) < 4.78 is 2.72. The van der Waals surface area contributed by atoms with Crippen molar-refractivity contribution < 1.29 is 4.79 Å². The molecule has 0 bridgehead atoms. The van der Waals surface area contributed by atoms with Gasteiger partial charge in [0.15, 0.2) is 0 Å². The molecule has 0 saturated carbocycles. The van der Waals surface area contributed by atoms with Gasteiger partial charge in [0.1, 0.15) is 11.3 Å². The molecule has 7 nitrogen and oxygen atoms in total. The number of nitrogens with zero attached hydrogens (tertiary/aromatic N) is 6. The Morgan fingerprint density at radius 3 is 2.89 bits per heavy atom. The summed E-state index contributed by atoms with van der Waals surface area (Å²) in [5.74, 6) is 0.0267. The van der Waals surface area contributed by atoms with Gasteiger partial charge in [-0.1, -0.05) is 18.2 Å². The van der Waals surface area contributed by atoms with Crippen molar-refractivity contribution >= 4 is 27.5 Å². The Kier molecular flexibility index (Phi) is 4.32. The van der Waals surface area contributed by atoms with Gasteiger partial charge in [-0.05, 0) is 60.0 Å². The summed E-state index contributed by atoms with van der Waals surface area (Å²) >= 11 is 1.69. The Morgan fingerprint density at radius 2 is 2.04 bits per heavy atom. The van der Waals surface area contributed by atoms with E-state index in [2.05, 4.69) is 21.6 Å². The standard InChI is InChI=1S/C20H18N6OS/c27-20(14-6-5-7-15(12-14)26-13-21-23-24-26)25-11-4-3-9-17(25)19-22-16-8-1-2-10-18(16)28-19/h1-2,5-8,10,12-13,17H,3-4,9,11H2/t17-/m1/s1. The number of aromatic nitrogens is 5. The van der Waals surface area contributed by atoms with Crippen LogP contribution in [-0.2, 0) is 0 Å². The minimum absolute atomic E-state index is 0.0235. The minimum atomic E-state index is 0.0235. The molecule has 1 atom stereocenters. The van der Waals surface area contributed by atoms with Gasteiger partial charge in [-0.15, -0.1) is 16.4 Å². The fourth-order valence-corrected chi connectivity index (χ4v) is 4.81. The van der Waals surface area contributed by atoms with E-state index in [1.165, 1.54) is 6.33 Å². The van der Waals surface area contributed by atoms with E-state index in [-0.39, 0.29) is 11.9 Å². The molecule has 8 heteroatoms. The molecule has 1 amide bonds. The first-order valence-corrected chi connectivity index (χ1v) is 10.1. The largest absolute Gasteiger partial charge is 0.329 e. The first-order valence-electron chi connectivity index (χ1n) is 9.29. The van der Waals surface area contributed by atoms with E-state index >= 15 is 0 Å². The molecule has 2 aromatic heterocycles. The molecule has 0 unspecified atom stereocenters. The van der Waals surface area contributed by atoms with Crippen LogP contribution in [0.4, 0.5) is 0 Å². The number of thiazole rings is 1. The zero-order chi connectivity index (χ0) is 18.9. The Morgan fingerprint density at radius 1 is 1.11 bits per heavy atom. The Bertz CT molecular complexity index is 1090. The third kappa shape index (κ3) is 3.05. The number of rotatable bonds is 3. The molecule has 0 spiro atoms. The molecule has 1 aliphatic rings. The van der Waals surface area contributed by atoms with Gasteiger partial charge in [-0.25, -0.2) is 9.67 Å². The topological polar surface area (TPSA) is 76.8 Å². The number of para-hydroxylation sites is 1. The summed E-state index contributed by atoms with van der Waals surface area (Å²) in [4.78, 5) is 20.1. The number of amides is 1. The lowest BCUT2D eigenvalue weighted by atomic mass is 10.0. The maximum atomic E-state index is 13.4. The van der Waals surface area contributed by atoms with Crippen LogP contribution >= 0.6 is 11.3 Å². The lowest BCUT2D eigenvalue weighted by Gasteiger charge is -2.34. The van der Waals surface area contributed by atoms with Gasteiger partial charge in [0, 0.05) is 12.1 Å². The van der Waals surface area contributed by atoms with Gasteiger partial charge in [0.25, 0.3) is 5.91 Å². The van der Waals surface area contributed by atoms with Crippen LogP contribution in [0.3, 0.4) is 0 Å². The molecular weight excluding hydrogens is 372 g/mol. The second kappa shape index (κ2) is 7.12. The van der Waals surface area contributed by atoms with E-state index in [1.54, 1.807) is 16.0 Å². The second-order valence-corrected chi connectivity index (χ2v) is 7.90. The van der Waals surface area contributed by atoms with E-state index < -0.39 is 0 Å². The molecule has 5 rings (SSSR count). The third-order valence-electron chi connectivity index (χ3n) is 5.07. The first-order chi connectivity index (χ1) is 13.8. The van der Waals surface area contributed by atoms with Crippen LogP contribution in [0.5, 0.6) is 0 Å². The van der Waals surface area contributed by atoms with E-state index in [1.807, 2.05) is 47.4 Å². The molecule has 1 fully saturated rings. The van der Waals surface area contributed by atoms with Gasteiger partial charge in [-0.2, -0.15) is 0 Å². The summed E-state index contributed by atoms with van der Waals surface area (Å²) in [5.41, 5.74) is 2.41. The van der Waals surface area contributed by atoms with Gasteiger partial charge < -0.3 is 4.90 Å². The highest BCUT2D eigenvalue weighted by Gasteiger charge is 2.31. The molecule has 0 N–H and O–H groups in total. The molecule has 2 aromatic carbocycles. The minimum Gasteiger partial charge on any atom is -0.329 e. The number of benzene rings is 2. The molecule has 4 aromatic rings. The number of fused-ring (bicyclic) bond motifs is 1. The first kappa shape index (κ1) is 17.0. The average molecular weight is 390 g/mol. The number of carbonyl (C=O) groups excluding carboxylic acids is 1. The smallest absolute Gasteiger partial charge is 0.254 e. The van der Waals surface area contributed by atoms with Crippen molar-refractivity contribution in [3.05, 3.63) is 65.4 Å². The quantitative estimate of drug-likeness (QED) is 0.534. The molecule has 0 aliphatic carbocycles. The van der Waals surface area contributed by atoms with Crippen molar-refractivity contribution in [2.45, 2.75) is 25.3 Å². The summed E-state index contributed by atoms with van der Waals surface area (Å²) in [6, 6.07) is 15.6. The lowest BCUT2D eigenvalue weighted by molar-refractivity contribution is 0.0611. The van der Waals surface area contributed by atoms with Crippen LogP contribution in [-0.4, -0.2) is 42.5 Å². The highest BCUT2D eigenvalue weighted by atomic mass is 32.1. The second-order valence-electron chi connectivity index (χ2n) is 6.83. The molecular formula is C20H18N6OS. The van der Waals surface area contributed by atoms with Crippen LogP contribution < -0.4 is 0 Å². The fraction of sp³-hybridized carbons (Fsp3) is 0.250. The maximum Gasteiger partial charge on any atom is 0.254 e. The van der Waals surface area contributed by atoms with Crippen LogP contribution in [0.2, 0.25) is 0 Å². The zero-order valence-corrected chi connectivity index (χ0v) is 15.9. The lowest BCUT2D eigenvalue weighted by Crippen LogP contribution is -2.38. The summed E-state index contributed by atoms with van der Waals surface area (Å²) in [7, 11) is 0. The van der Waals surface area contributed by atoms with E-state index in [4.69, 9.17) is 4.98 Å². The predicted molar refractivity (Wildman–Crippen MR) is 106 cm³/mol. The zero-order valence-electron chi connectivity index (χ0n) is 15.1. The number of piperidine rings is 1. The Hall–Kier alpha value is -3.13. The predicted octanol–water partition coefficient (Wildman–Crippen LogP) is 3.64. The normalized spacial score (nSPS) is 17.1. The molecule has 1 aliphatic heterocycles. The average Bonchev–Trinajstić information content (AvgIpc) is 3.43. The van der Waals surface area contributed by atoms with Crippen LogP contribution in [0, 0.1) is 0 Å². The van der Waals surface area contributed by atoms with Gasteiger partial charge in [-0.3, -0.25) is 4.79 Å². The van der Waals surface area contributed by atoms with Crippen molar-refractivity contribution in [1.29, 1.82) is 0 Å². The number of likely N-dealkylation sites (tertiary alicyclic amines) is 1. The molecule has 3 heterocycles. The SMILES string of the molecule is O=C(c1cccc(-n2cnnn2)c1)N1CCCC[C@@H]1c1nc2ccccc2s1. The third-order valence-corrected chi connectivity index (χ3v) is 6.20. The van der Waals surface area contributed by atoms with Crippen LogP contribution in [0.1, 0.15) is 40.7 Å². The molecule has 140 valence electrons. The molecule has 1 saturated heterocycles. The van der Waals surface area contributed by atoms with Crippen molar-refractivity contribution in [3.8, 4) is 5.69 Å². The molecule has 0 radical (unpaired) electrons. The number of hydrogen-bond acceptors (Lipinski definition) is 6. The monoisotopic (exact) mass is 390 g/mol. The Balaban J connectivity index is 1.48. The van der Waals surface area contributed by atoms with Crippen molar-refractivity contribution in [2.75, 3.05) is 6.54 Å². The maximum absolute atomic E-state index is 13.4. The fourth-order valence-electron chi connectivity index (χ4n) is 3.69. The number of tetrazole rings is 1. The summed E-state index contributed by atoms with van der Waals surface area (Å²) in [6.07, 6.45) is 4.58. The van der Waals surface area contributed by atoms with Gasteiger partial charge >= 0.3 is 0 Å². The van der Waals surface area contributed by atoms with E-state index in [0.29, 0.717) is 5.56 Å². The highest BCUT2D eigenvalue weighted by molar-refractivity contribution is 7.18.